The maximum absolute atomic E-state index is 5.27. The number of ether oxygens (including phenoxy) is 1. The summed E-state index contributed by atoms with van der Waals surface area (Å²) in [5.74, 6) is 0.922. The van der Waals surface area contributed by atoms with E-state index in [0.29, 0.717) is 6.04 Å². The molecule has 1 heterocycles. The molecule has 0 bridgehead atoms. The summed E-state index contributed by atoms with van der Waals surface area (Å²) in [5.41, 5.74) is 2.39. The van der Waals surface area contributed by atoms with Gasteiger partial charge in [-0.1, -0.05) is 12.1 Å². The van der Waals surface area contributed by atoms with Gasteiger partial charge in [-0.15, -0.1) is 0 Å². The number of methoxy groups -OCH3 is 1. The van der Waals surface area contributed by atoms with Crippen LogP contribution in [0.3, 0.4) is 0 Å². The minimum Gasteiger partial charge on any atom is -0.495 e. The van der Waals surface area contributed by atoms with Crippen molar-refractivity contribution in [3.05, 3.63) is 23.8 Å². The van der Waals surface area contributed by atoms with E-state index in [9.17, 15) is 0 Å². The maximum Gasteiger partial charge on any atom is 0.142 e. The minimum atomic E-state index is 0.395. The summed E-state index contributed by atoms with van der Waals surface area (Å²) < 4.78 is 5.27. The van der Waals surface area contributed by atoms with Crippen LogP contribution < -0.4 is 15.4 Å². The molecular formula is C10H14N2O. The van der Waals surface area contributed by atoms with Gasteiger partial charge < -0.3 is 10.1 Å². The van der Waals surface area contributed by atoms with E-state index in [1.807, 2.05) is 12.1 Å². The Balaban J connectivity index is 2.48. The van der Waals surface area contributed by atoms with Gasteiger partial charge in [0.05, 0.1) is 19.5 Å². The third-order valence-electron chi connectivity index (χ3n) is 2.42. The first-order chi connectivity index (χ1) is 6.33. The predicted octanol–water partition coefficient (Wildman–Crippen LogP) is 1.73. The van der Waals surface area contributed by atoms with Crippen molar-refractivity contribution in [3.8, 4) is 5.75 Å². The number of hydrogen-bond donors (Lipinski definition) is 2. The summed E-state index contributed by atoms with van der Waals surface area (Å²) in [6, 6.07) is 6.50. The molecule has 1 unspecified atom stereocenters. The summed E-state index contributed by atoms with van der Waals surface area (Å²) in [5, 5.41) is 6.60. The molecule has 1 aromatic carbocycles. The van der Waals surface area contributed by atoms with Crippen molar-refractivity contribution in [3.63, 3.8) is 0 Å². The molecule has 2 N–H and O–H groups in total. The summed E-state index contributed by atoms with van der Waals surface area (Å²) >= 11 is 0. The van der Waals surface area contributed by atoms with E-state index in [2.05, 4.69) is 23.6 Å². The topological polar surface area (TPSA) is 33.3 Å². The van der Waals surface area contributed by atoms with E-state index in [4.69, 9.17) is 4.74 Å². The summed E-state index contributed by atoms with van der Waals surface area (Å²) in [4.78, 5) is 0. The number of hydrogen-bond acceptors (Lipinski definition) is 3. The molecule has 1 aliphatic heterocycles. The molecule has 13 heavy (non-hydrogen) atoms. The van der Waals surface area contributed by atoms with Gasteiger partial charge >= 0.3 is 0 Å². The first kappa shape index (κ1) is 8.38. The lowest BCUT2D eigenvalue weighted by Crippen LogP contribution is -2.31. The third-order valence-corrected chi connectivity index (χ3v) is 2.42. The van der Waals surface area contributed by atoms with Gasteiger partial charge in [0.15, 0.2) is 0 Å². The molecule has 0 aromatic heterocycles. The lowest BCUT2D eigenvalue weighted by atomic mass is 10.0. The number of nitrogens with one attached hydrogen (secondary N) is 2. The molecule has 1 atom stereocenters. The fourth-order valence-electron chi connectivity index (χ4n) is 1.67. The second-order valence-corrected chi connectivity index (χ2v) is 3.20. The van der Waals surface area contributed by atoms with E-state index in [1.165, 1.54) is 5.56 Å². The molecule has 3 nitrogen and oxygen atoms in total. The zero-order valence-corrected chi connectivity index (χ0v) is 7.92. The van der Waals surface area contributed by atoms with Crippen LogP contribution in [-0.2, 0) is 0 Å². The van der Waals surface area contributed by atoms with Crippen LogP contribution in [0.1, 0.15) is 18.5 Å². The lowest BCUT2D eigenvalue weighted by molar-refractivity contribution is 0.413. The molecule has 1 aliphatic rings. The minimum absolute atomic E-state index is 0.395. The second kappa shape index (κ2) is 3.26. The SMILES string of the molecule is COc1cccc2c1NCNC2C. The Kier molecular flexibility index (Phi) is 2.10. The van der Waals surface area contributed by atoms with E-state index in [-0.39, 0.29) is 0 Å². The number of para-hydroxylation sites is 1. The quantitative estimate of drug-likeness (QED) is 0.687. The first-order valence-corrected chi connectivity index (χ1v) is 4.47. The largest absolute Gasteiger partial charge is 0.495 e. The van der Waals surface area contributed by atoms with Gasteiger partial charge in [0.2, 0.25) is 0 Å². The molecule has 0 fully saturated rings. The first-order valence-electron chi connectivity index (χ1n) is 4.47. The van der Waals surface area contributed by atoms with Crippen molar-refractivity contribution >= 4 is 5.69 Å². The Labute approximate surface area is 78.1 Å². The Bertz CT molecular complexity index is 312. The zero-order chi connectivity index (χ0) is 9.26. The van der Waals surface area contributed by atoms with E-state index in [1.54, 1.807) is 7.11 Å². The average Bonchev–Trinajstić information content (AvgIpc) is 2.18. The molecule has 70 valence electrons. The van der Waals surface area contributed by atoms with Gasteiger partial charge in [-0.2, -0.15) is 0 Å². The lowest BCUT2D eigenvalue weighted by Gasteiger charge is -2.26. The number of rotatable bonds is 1. The van der Waals surface area contributed by atoms with Crippen molar-refractivity contribution in [2.75, 3.05) is 19.1 Å². The normalized spacial score (nSPS) is 20.3. The van der Waals surface area contributed by atoms with E-state index >= 15 is 0 Å². The van der Waals surface area contributed by atoms with Crippen molar-refractivity contribution in [1.29, 1.82) is 0 Å². The van der Waals surface area contributed by atoms with Crippen LogP contribution >= 0.6 is 0 Å². The van der Waals surface area contributed by atoms with Crippen LogP contribution in [0.4, 0.5) is 5.69 Å². The Morgan fingerprint density at radius 1 is 1.46 bits per heavy atom. The van der Waals surface area contributed by atoms with Crippen LogP contribution in [0.2, 0.25) is 0 Å². The number of anilines is 1. The molecule has 0 spiro atoms. The van der Waals surface area contributed by atoms with Crippen molar-refractivity contribution < 1.29 is 4.74 Å². The zero-order valence-electron chi connectivity index (χ0n) is 7.92. The van der Waals surface area contributed by atoms with Gasteiger partial charge in [-0.25, -0.2) is 0 Å². The molecule has 0 saturated carbocycles. The Morgan fingerprint density at radius 3 is 3.08 bits per heavy atom. The van der Waals surface area contributed by atoms with Gasteiger partial charge in [0.25, 0.3) is 0 Å². The average molecular weight is 178 g/mol. The van der Waals surface area contributed by atoms with Gasteiger partial charge in [-0.05, 0) is 18.6 Å². The predicted molar refractivity (Wildman–Crippen MR) is 53.0 cm³/mol. The maximum atomic E-state index is 5.27. The van der Waals surface area contributed by atoms with Crippen molar-refractivity contribution in [2.24, 2.45) is 0 Å². The smallest absolute Gasteiger partial charge is 0.142 e. The summed E-state index contributed by atoms with van der Waals surface area (Å²) in [6.45, 7) is 2.95. The molecule has 0 radical (unpaired) electrons. The summed E-state index contributed by atoms with van der Waals surface area (Å²) in [6.07, 6.45) is 0. The fraction of sp³-hybridized carbons (Fsp3) is 0.400. The molecule has 0 amide bonds. The summed E-state index contributed by atoms with van der Waals surface area (Å²) in [7, 11) is 1.70. The monoisotopic (exact) mass is 178 g/mol. The van der Waals surface area contributed by atoms with Crippen LogP contribution in [0, 0.1) is 0 Å². The van der Waals surface area contributed by atoms with Crippen LogP contribution in [0.25, 0.3) is 0 Å². The highest BCUT2D eigenvalue weighted by atomic mass is 16.5. The van der Waals surface area contributed by atoms with E-state index in [0.717, 1.165) is 18.1 Å². The molecule has 0 saturated heterocycles. The van der Waals surface area contributed by atoms with Crippen LogP contribution in [-0.4, -0.2) is 13.8 Å². The standard InChI is InChI=1S/C10H14N2O/c1-7-8-4-3-5-9(13-2)10(8)12-6-11-7/h3-5,7,11-12H,6H2,1-2H3. The third kappa shape index (κ3) is 1.35. The number of fused-ring (bicyclic) bond motifs is 1. The van der Waals surface area contributed by atoms with Gasteiger partial charge in [0.1, 0.15) is 5.75 Å². The highest BCUT2D eigenvalue weighted by Gasteiger charge is 2.17. The van der Waals surface area contributed by atoms with Crippen LogP contribution in [0.15, 0.2) is 18.2 Å². The molecule has 2 rings (SSSR count). The van der Waals surface area contributed by atoms with E-state index < -0.39 is 0 Å². The Hall–Kier alpha value is -1.22. The van der Waals surface area contributed by atoms with Crippen molar-refractivity contribution in [2.45, 2.75) is 13.0 Å². The molecule has 3 heteroatoms. The molecule has 1 aromatic rings. The van der Waals surface area contributed by atoms with Gasteiger partial charge in [-0.3, -0.25) is 5.32 Å². The highest BCUT2D eigenvalue weighted by Crippen LogP contribution is 2.33. The Morgan fingerprint density at radius 2 is 2.31 bits per heavy atom. The van der Waals surface area contributed by atoms with Crippen LogP contribution in [0.5, 0.6) is 5.75 Å². The highest BCUT2D eigenvalue weighted by molar-refractivity contribution is 5.64. The molecular weight excluding hydrogens is 164 g/mol. The second-order valence-electron chi connectivity index (χ2n) is 3.20. The molecule has 0 aliphatic carbocycles. The van der Waals surface area contributed by atoms with Gasteiger partial charge in [0, 0.05) is 6.04 Å². The fourth-order valence-corrected chi connectivity index (χ4v) is 1.67. The van der Waals surface area contributed by atoms with Crippen molar-refractivity contribution in [1.82, 2.24) is 5.32 Å². The number of benzene rings is 1.